The molecule has 2 aromatic carbocycles. The lowest BCUT2D eigenvalue weighted by Gasteiger charge is -2.20. The molecule has 1 aromatic heterocycles. The third-order valence-corrected chi connectivity index (χ3v) is 7.21. The van der Waals surface area contributed by atoms with Gasteiger partial charge in [0.05, 0.1) is 17.2 Å². The van der Waals surface area contributed by atoms with Crippen LogP contribution in [0.1, 0.15) is 6.92 Å². The molecule has 0 radical (unpaired) electrons. The number of nitrogens with one attached hydrogen (secondary N) is 1. The zero-order valence-electron chi connectivity index (χ0n) is 14.2. The van der Waals surface area contributed by atoms with Gasteiger partial charge in [-0.3, -0.25) is 0 Å². The number of fused-ring (bicyclic) bond motifs is 1. The molecular formula is C17H16Cl2N2O4PS+. The number of halogens is 2. The van der Waals surface area contributed by atoms with Crippen LogP contribution in [0.25, 0.3) is 10.9 Å². The van der Waals surface area contributed by atoms with Crippen molar-refractivity contribution in [2.75, 3.05) is 17.2 Å². The van der Waals surface area contributed by atoms with E-state index in [2.05, 4.69) is 4.98 Å². The fourth-order valence-corrected chi connectivity index (χ4v) is 6.07. The average molecular weight is 446 g/mol. The number of hydrogen-bond acceptors (Lipinski definition) is 4. The summed E-state index contributed by atoms with van der Waals surface area (Å²) in [6.07, 6.45) is 1.43. The average Bonchev–Trinajstić information content (AvgIpc) is 3.06. The van der Waals surface area contributed by atoms with Crippen LogP contribution in [0, 0.1) is 0 Å². The summed E-state index contributed by atoms with van der Waals surface area (Å²) in [4.78, 5) is 2.96. The first-order valence-corrected chi connectivity index (χ1v) is 11.5. The first kappa shape index (κ1) is 20.1. The van der Waals surface area contributed by atoms with Crippen LogP contribution in [0.4, 0.5) is 5.69 Å². The number of aromatic amines is 1. The molecule has 0 bridgehead atoms. The zero-order chi connectivity index (χ0) is 19.6. The predicted octanol–water partition coefficient (Wildman–Crippen LogP) is 5.41. The summed E-state index contributed by atoms with van der Waals surface area (Å²) < 4.78 is 44.9. The molecule has 0 saturated carbocycles. The molecule has 1 N–H and O–H groups in total. The van der Waals surface area contributed by atoms with Crippen molar-refractivity contribution in [1.82, 2.24) is 4.98 Å². The van der Waals surface area contributed by atoms with E-state index in [1.54, 1.807) is 31.3 Å². The molecule has 0 amide bonds. The molecule has 0 saturated heterocycles. The molecule has 0 aliphatic carbocycles. The molecule has 10 heteroatoms. The summed E-state index contributed by atoms with van der Waals surface area (Å²) in [6.45, 7) is 1.90. The van der Waals surface area contributed by atoms with E-state index in [1.165, 1.54) is 18.2 Å². The van der Waals surface area contributed by atoms with E-state index in [0.29, 0.717) is 5.69 Å². The van der Waals surface area contributed by atoms with Gasteiger partial charge in [0.25, 0.3) is 16.3 Å². The number of hydrogen-bond donors (Lipinski definition) is 1. The molecule has 0 spiro atoms. The molecule has 0 fully saturated rings. The Morgan fingerprint density at radius 2 is 1.81 bits per heavy atom. The zero-order valence-corrected chi connectivity index (χ0v) is 17.4. The summed E-state index contributed by atoms with van der Waals surface area (Å²) in [7, 11) is -6.30. The van der Waals surface area contributed by atoms with Crippen LogP contribution >= 0.6 is 31.2 Å². The van der Waals surface area contributed by atoms with Crippen molar-refractivity contribution in [3.05, 3.63) is 58.7 Å². The standard InChI is InChI=1S/C17H16Cl2N2O4PS/c1-2-25-26(22)11-21(15-3-4-17-12(7-15)5-6-20-17)27(23,24)16-9-13(18)8-14(19)10-16/h3-10,20H,2,11H2,1H3/q+1. The summed E-state index contributed by atoms with van der Waals surface area (Å²) in [6, 6.07) is 11.0. The van der Waals surface area contributed by atoms with Gasteiger partial charge in [0.2, 0.25) is 0 Å². The Morgan fingerprint density at radius 1 is 1.11 bits per heavy atom. The molecule has 3 aromatic rings. The molecule has 0 aliphatic rings. The topological polar surface area (TPSA) is 79.5 Å². The van der Waals surface area contributed by atoms with Crippen LogP contribution in [0.5, 0.6) is 0 Å². The lowest BCUT2D eigenvalue weighted by molar-refractivity contribution is 0.351. The Bertz CT molecular complexity index is 1080. The van der Waals surface area contributed by atoms with E-state index < -0.39 is 18.1 Å². The van der Waals surface area contributed by atoms with Gasteiger partial charge in [-0.2, -0.15) is 0 Å². The predicted molar refractivity (Wildman–Crippen MR) is 109 cm³/mol. The smallest absolute Gasteiger partial charge is 0.361 e. The van der Waals surface area contributed by atoms with Crippen molar-refractivity contribution in [3.8, 4) is 0 Å². The minimum Gasteiger partial charge on any atom is -0.361 e. The van der Waals surface area contributed by atoms with E-state index in [4.69, 9.17) is 27.7 Å². The monoisotopic (exact) mass is 445 g/mol. The van der Waals surface area contributed by atoms with Gasteiger partial charge < -0.3 is 4.98 Å². The van der Waals surface area contributed by atoms with Gasteiger partial charge >= 0.3 is 8.03 Å². The first-order chi connectivity index (χ1) is 12.8. The quantitative estimate of drug-likeness (QED) is 0.493. The largest absolute Gasteiger partial charge is 0.531 e. The Morgan fingerprint density at radius 3 is 2.48 bits per heavy atom. The number of H-pyrrole nitrogens is 1. The van der Waals surface area contributed by atoms with E-state index in [0.717, 1.165) is 15.2 Å². The number of anilines is 1. The minimum atomic E-state index is -4.07. The summed E-state index contributed by atoms with van der Waals surface area (Å²) in [5, 5.41) is 1.20. The van der Waals surface area contributed by atoms with Gasteiger partial charge in [0, 0.05) is 27.1 Å². The van der Waals surface area contributed by atoms with E-state index in [-0.39, 0.29) is 27.8 Å². The van der Waals surface area contributed by atoms with Crippen molar-refractivity contribution >= 4 is 57.8 Å². The second-order valence-electron chi connectivity index (χ2n) is 5.60. The third kappa shape index (κ3) is 4.45. The molecular weight excluding hydrogens is 430 g/mol. The maximum Gasteiger partial charge on any atom is 0.531 e. The molecule has 6 nitrogen and oxygen atoms in total. The van der Waals surface area contributed by atoms with Crippen LogP contribution in [0.3, 0.4) is 0 Å². The van der Waals surface area contributed by atoms with Crippen molar-refractivity contribution in [2.24, 2.45) is 0 Å². The molecule has 142 valence electrons. The van der Waals surface area contributed by atoms with Crippen molar-refractivity contribution in [1.29, 1.82) is 0 Å². The number of rotatable bonds is 7. The lowest BCUT2D eigenvalue weighted by Crippen LogP contribution is -2.31. The first-order valence-electron chi connectivity index (χ1n) is 7.95. The van der Waals surface area contributed by atoms with E-state index in [9.17, 15) is 13.0 Å². The maximum absolute atomic E-state index is 13.3. The highest BCUT2D eigenvalue weighted by Gasteiger charge is 2.34. The Hall–Kier alpha value is -1.63. The summed E-state index contributed by atoms with van der Waals surface area (Å²) >= 11 is 11.9. The third-order valence-electron chi connectivity index (χ3n) is 3.77. The van der Waals surface area contributed by atoms with Gasteiger partial charge in [-0.25, -0.2) is 12.7 Å². The maximum atomic E-state index is 13.3. The lowest BCUT2D eigenvalue weighted by atomic mass is 10.2. The van der Waals surface area contributed by atoms with E-state index in [1.807, 2.05) is 6.07 Å². The van der Waals surface area contributed by atoms with Crippen LogP contribution in [-0.2, 0) is 19.1 Å². The van der Waals surface area contributed by atoms with Crippen molar-refractivity contribution in [3.63, 3.8) is 0 Å². The minimum absolute atomic E-state index is 0.0888. The van der Waals surface area contributed by atoms with Gasteiger partial charge in [0.1, 0.15) is 0 Å². The summed E-state index contributed by atoms with van der Waals surface area (Å²) in [5.74, 6) is 0. The van der Waals surface area contributed by atoms with Gasteiger partial charge in [-0.05, 0) is 54.0 Å². The van der Waals surface area contributed by atoms with Crippen LogP contribution in [-0.4, -0.2) is 26.3 Å². The second kappa shape index (κ2) is 8.17. The second-order valence-corrected chi connectivity index (χ2v) is 9.54. The van der Waals surface area contributed by atoms with Gasteiger partial charge in [-0.15, -0.1) is 4.52 Å². The van der Waals surface area contributed by atoms with Crippen LogP contribution in [0.15, 0.2) is 53.6 Å². The molecule has 3 rings (SSSR count). The molecule has 1 unspecified atom stereocenters. The molecule has 0 aliphatic heterocycles. The van der Waals surface area contributed by atoms with Crippen molar-refractivity contribution < 1.29 is 17.5 Å². The summed E-state index contributed by atoms with van der Waals surface area (Å²) in [5.41, 5.74) is 1.22. The van der Waals surface area contributed by atoms with Crippen molar-refractivity contribution in [2.45, 2.75) is 11.8 Å². The normalized spacial score (nSPS) is 12.3. The highest BCUT2D eigenvalue weighted by molar-refractivity contribution is 7.93. The SMILES string of the molecule is CCO[P+](=O)CN(c1ccc2[nH]ccc2c1)S(=O)(=O)c1cc(Cl)cc(Cl)c1. The fourth-order valence-electron chi connectivity index (χ4n) is 2.59. The Kier molecular flexibility index (Phi) is 6.08. The molecule has 27 heavy (non-hydrogen) atoms. The fraction of sp³-hybridized carbons (Fsp3) is 0.176. The van der Waals surface area contributed by atoms with Gasteiger partial charge in [-0.1, -0.05) is 23.2 Å². The highest BCUT2D eigenvalue weighted by Crippen LogP contribution is 2.34. The number of benzene rings is 2. The number of aromatic nitrogens is 1. The van der Waals surface area contributed by atoms with E-state index >= 15 is 0 Å². The highest BCUT2D eigenvalue weighted by atomic mass is 35.5. The van der Waals surface area contributed by atoms with Gasteiger partial charge in [0.15, 0.2) is 0 Å². The Labute approximate surface area is 168 Å². The molecule has 1 atom stereocenters. The number of sulfonamides is 1. The number of nitrogens with zero attached hydrogens (tertiary/aromatic N) is 1. The Balaban J connectivity index is 2.11. The van der Waals surface area contributed by atoms with Crippen LogP contribution < -0.4 is 4.31 Å². The molecule has 1 heterocycles. The van der Waals surface area contributed by atoms with Crippen LogP contribution in [0.2, 0.25) is 10.0 Å².